The first-order valence-corrected chi connectivity index (χ1v) is 4.48. The highest BCUT2D eigenvalue weighted by Gasteiger charge is 2.23. The van der Waals surface area contributed by atoms with Crippen LogP contribution in [0, 0.1) is 0 Å². The van der Waals surface area contributed by atoms with Crippen LogP contribution in [0.5, 0.6) is 0 Å². The van der Waals surface area contributed by atoms with Crippen LogP contribution in [-0.2, 0) is 4.74 Å². The number of halogens is 2. The number of carbonyl (C=O) groups is 1. The van der Waals surface area contributed by atoms with Crippen molar-refractivity contribution in [3.63, 3.8) is 0 Å². The maximum Gasteiger partial charge on any atom is 0.342 e. The van der Waals surface area contributed by atoms with Gasteiger partial charge in [-0.15, -0.1) is 0 Å². The van der Waals surface area contributed by atoms with Gasteiger partial charge in [0.2, 0.25) is 0 Å². The van der Waals surface area contributed by atoms with E-state index in [0.29, 0.717) is 0 Å². The number of pyridine rings is 1. The first-order valence-electron chi connectivity index (χ1n) is 4.48. The summed E-state index contributed by atoms with van der Waals surface area (Å²) >= 11 is 0. The number of nitrogens with two attached hydrogens (primary N) is 2. The van der Waals surface area contributed by atoms with E-state index in [4.69, 9.17) is 11.5 Å². The highest BCUT2D eigenvalue weighted by Crippen LogP contribution is 2.28. The van der Waals surface area contributed by atoms with Crippen LogP contribution >= 0.6 is 0 Å². The van der Waals surface area contributed by atoms with Gasteiger partial charge in [0.15, 0.2) is 0 Å². The zero-order chi connectivity index (χ0) is 12.3. The second-order valence-corrected chi connectivity index (χ2v) is 2.92. The van der Waals surface area contributed by atoms with E-state index in [1.54, 1.807) is 6.92 Å². The smallest absolute Gasteiger partial charge is 0.342 e. The maximum absolute atomic E-state index is 12.6. The minimum absolute atomic E-state index is 0.0608. The molecule has 16 heavy (non-hydrogen) atoms. The molecule has 0 aliphatic heterocycles. The zero-order valence-corrected chi connectivity index (χ0v) is 8.54. The molecule has 0 fully saturated rings. The zero-order valence-electron chi connectivity index (χ0n) is 8.54. The van der Waals surface area contributed by atoms with Crippen molar-refractivity contribution >= 4 is 17.6 Å². The van der Waals surface area contributed by atoms with Crippen LogP contribution in [0.4, 0.5) is 20.4 Å². The first-order chi connectivity index (χ1) is 7.47. The molecule has 0 unspecified atom stereocenters. The van der Waals surface area contributed by atoms with E-state index < -0.39 is 23.5 Å². The van der Waals surface area contributed by atoms with E-state index in [2.05, 4.69) is 9.72 Å². The molecule has 0 aliphatic carbocycles. The topological polar surface area (TPSA) is 91.2 Å². The molecule has 0 aliphatic rings. The molecule has 1 aromatic heterocycles. The summed E-state index contributed by atoms with van der Waals surface area (Å²) in [6.07, 6.45) is -2.87. The third-order valence-corrected chi connectivity index (χ3v) is 1.81. The van der Waals surface area contributed by atoms with E-state index in [9.17, 15) is 13.6 Å². The Bertz CT molecular complexity index is 410. The Morgan fingerprint density at radius 3 is 2.69 bits per heavy atom. The molecule has 7 heteroatoms. The van der Waals surface area contributed by atoms with Crippen molar-refractivity contribution in [3.8, 4) is 0 Å². The van der Waals surface area contributed by atoms with E-state index >= 15 is 0 Å². The Kier molecular flexibility index (Phi) is 3.60. The van der Waals surface area contributed by atoms with Crippen molar-refractivity contribution in [1.82, 2.24) is 4.98 Å². The Morgan fingerprint density at radius 1 is 1.56 bits per heavy atom. The quantitative estimate of drug-likeness (QED) is 0.766. The molecule has 1 aromatic rings. The van der Waals surface area contributed by atoms with Crippen LogP contribution in [0.25, 0.3) is 0 Å². The number of hydrogen-bond acceptors (Lipinski definition) is 5. The number of hydrogen-bond donors (Lipinski definition) is 2. The predicted molar refractivity (Wildman–Crippen MR) is 54.0 cm³/mol. The normalized spacial score (nSPS) is 10.5. The lowest BCUT2D eigenvalue weighted by atomic mass is 10.1. The SMILES string of the molecule is CCOC(=O)c1c(C(F)F)cc(N)nc1N. The van der Waals surface area contributed by atoms with Gasteiger partial charge in [-0.3, -0.25) is 0 Å². The summed E-state index contributed by atoms with van der Waals surface area (Å²) in [7, 11) is 0. The number of nitrogens with zero attached hydrogens (tertiary/aromatic N) is 1. The number of carbonyl (C=O) groups excluding carboxylic acids is 1. The van der Waals surface area contributed by atoms with Crippen LogP contribution < -0.4 is 11.5 Å². The molecule has 0 saturated heterocycles. The van der Waals surface area contributed by atoms with E-state index in [-0.39, 0.29) is 18.2 Å². The van der Waals surface area contributed by atoms with Gasteiger partial charge in [-0.1, -0.05) is 0 Å². The fourth-order valence-corrected chi connectivity index (χ4v) is 1.20. The molecule has 4 N–H and O–H groups in total. The Hall–Kier alpha value is -1.92. The number of rotatable bonds is 3. The first kappa shape index (κ1) is 12.2. The van der Waals surface area contributed by atoms with Crippen molar-refractivity contribution in [2.75, 3.05) is 18.1 Å². The van der Waals surface area contributed by atoms with Gasteiger partial charge in [-0.05, 0) is 13.0 Å². The lowest BCUT2D eigenvalue weighted by molar-refractivity contribution is 0.0516. The Morgan fingerprint density at radius 2 is 2.19 bits per heavy atom. The average molecular weight is 231 g/mol. The third kappa shape index (κ3) is 2.36. The molecule has 0 atom stereocenters. The van der Waals surface area contributed by atoms with Gasteiger partial charge < -0.3 is 16.2 Å². The molecule has 1 heterocycles. The van der Waals surface area contributed by atoms with Crippen molar-refractivity contribution in [1.29, 1.82) is 0 Å². The number of alkyl halides is 2. The van der Waals surface area contributed by atoms with Gasteiger partial charge in [-0.25, -0.2) is 18.6 Å². The van der Waals surface area contributed by atoms with E-state index in [0.717, 1.165) is 6.07 Å². The van der Waals surface area contributed by atoms with Crippen LogP contribution in [-0.4, -0.2) is 17.6 Å². The molecule has 88 valence electrons. The maximum atomic E-state index is 12.6. The summed E-state index contributed by atoms with van der Waals surface area (Å²) < 4.78 is 29.9. The molecule has 1 rings (SSSR count). The van der Waals surface area contributed by atoms with Gasteiger partial charge in [0.25, 0.3) is 6.43 Å². The largest absolute Gasteiger partial charge is 0.462 e. The van der Waals surface area contributed by atoms with Crippen LogP contribution in [0.3, 0.4) is 0 Å². The van der Waals surface area contributed by atoms with Crippen LogP contribution in [0.15, 0.2) is 6.07 Å². The number of nitrogen functional groups attached to an aromatic ring is 2. The summed E-state index contributed by atoms with van der Waals surface area (Å²) in [5.41, 5.74) is 9.64. The highest BCUT2D eigenvalue weighted by atomic mass is 19.3. The fraction of sp³-hybridized carbons (Fsp3) is 0.333. The van der Waals surface area contributed by atoms with Gasteiger partial charge in [-0.2, -0.15) is 0 Å². The summed E-state index contributed by atoms with van der Waals surface area (Å²) in [4.78, 5) is 14.9. The van der Waals surface area contributed by atoms with E-state index in [1.807, 2.05) is 0 Å². The minimum atomic E-state index is -2.87. The predicted octanol–water partition coefficient (Wildman–Crippen LogP) is 1.36. The van der Waals surface area contributed by atoms with Gasteiger partial charge in [0.1, 0.15) is 17.2 Å². The molecule has 0 spiro atoms. The molecule has 0 radical (unpaired) electrons. The minimum Gasteiger partial charge on any atom is -0.462 e. The number of anilines is 2. The van der Waals surface area contributed by atoms with Crippen molar-refractivity contribution in [2.45, 2.75) is 13.3 Å². The second-order valence-electron chi connectivity index (χ2n) is 2.92. The molecule has 0 amide bonds. The molecular weight excluding hydrogens is 220 g/mol. The van der Waals surface area contributed by atoms with Crippen molar-refractivity contribution in [2.24, 2.45) is 0 Å². The third-order valence-electron chi connectivity index (χ3n) is 1.81. The summed E-state index contributed by atoms with van der Waals surface area (Å²) in [6, 6.07) is 0.910. The molecule has 5 nitrogen and oxygen atoms in total. The lowest BCUT2D eigenvalue weighted by Gasteiger charge is -2.10. The van der Waals surface area contributed by atoms with Crippen molar-refractivity contribution < 1.29 is 18.3 Å². The summed E-state index contributed by atoms with van der Waals surface area (Å²) in [5.74, 6) is -1.45. The number of aromatic nitrogens is 1. The highest BCUT2D eigenvalue weighted by molar-refractivity contribution is 5.96. The number of ether oxygens (including phenoxy) is 1. The van der Waals surface area contributed by atoms with Crippen molar-refractivity contribution in [3.05, 3.63) is 17.2 Å². The fourth-order valence-electron chi connectivity index (χ4n) is 1.20. The Balaban J connectivity index is 3.29. The Labute approximate surface area is 90.4 Å². The summed E-state index contributed by atoms with van der Waals surface area (Å²) in [5, 5.41) is 0. The molecule has 0 bridgehead atoms. The number of esters is 1. The molecular formula is C9H11F2N3O2. The van der Waals surface area contributed by atoms with Gasteiger partial charge in [0, 0.05) is 5.56 Å². The monoisotopic (exact) mass is 231 g/mol. The van der Waals surface area contributed by atoms with Gasteiger partial charge >= 0.3 is 5.97 Å². The van der Waals surface area contributed by atoms with Crippen LogP contribution in [0.2, 0.25) is 0 Å². The standard InChI is InChI=1S/C9H11F2N3O2/c1-2-16-9(15)6-4(7(10)11)3-5(12)14-8(6)13/h3,7H,2H2,1H3,(H4,12,13,14). The van der Waals surface area contributed by atoms with Crippen LogP contribution in [0.1, 0.15) is 29.3 Å². The second kappa shape index (κ2) is 4.73. The van der Waals surface area contributed by atoms with E-state index in [1.165, 1.54) is 0 Å². The molecule has 0 aromatic carbocycles. The lowest BCUT2D eigenvalue weighted by Crippen LogP contribution is -2.14. The average Bonchev–Trinajstić information content (AvgIpc) is 2.16. The molecule has 0 saturated carbocycles. The summed E-state index contributed by atoms with van der Waals surface area (Å²) in [6.45, 7) is 1.62. The van der Waals surface area contributed by atoms with Gasteiger partial charge in [0.05, 0.1) is 6.61 Å².